The molecule has 31 heavy (non-hydrogen) atoms. The number of H-pyrrole nitrogens is 1. The van der Waals surface area contributed by atoms with Gasteiger partial charge in [-0.1, -0.05) is 0 Å². The van der Waals surface area contributed by atoms with E-state index in [0.29, 0.717) is 48.6 Å². The van der Waals surface area contributed by atoms with Gasteiger partial charge in [0.05, 0.1) is 10.9 Å². The van der Waals surface area contributed by atoms with Crippen LogP contribution in [-0.4, -0.2) is 51.5 Å². The average Bonchev–Trinajstić information content (AvgIpc) is 3.50. The standard InChI is InChI=1S/C21H27N5O3.2ClH/c1-2-26-18-17(19(27)24-21(26)29)15(9-16(23-18)12-3-4-12)20(28)25-7-5-13-10-22-11-14(13)6-8-25;;/h9,12-14,22H,2-8,10-11H2,1H3,(H,24,27,29);2*1H/t13-,14+;;. The Labute approximate surface area is 192 Å². The predicted octanol–water partition coefficient (Wildman–Crippen LogP) is 1.90. The fourth-order valence-electron chi connectivity index (χ4n) is 4.94. The molecule has 2 N–H and O–H groups in total. The van der Waals surface area contributed by atoms with Gasteiger partial charge in [0.1, 0.15) is 0 Å². The third kappa shape index (κ3) is 4.25. The topological polar surface area (TPSA) is 100 Å². The van der Waals surface area contributed by atoms with Crippen molar-refractivity contribution in [2.45, 2.75) is 45.1 Å². The summed E-state index contributed by atoms with van der Waals surface area (Å²) < 4.78 is 1.46. The van der Waals surface area contributed by atoms with E-state index < -0.39 is 11.2 Å². The molecule has 1 aliphatic carbocycles. The predicted molar refractivity (Wildman–Crippen MR) is 124 cm³/mol. The van der Waals surface area contributed by atoms with Crippen molar-refractivity contribution in [3.63, 3.8) is 0 Å². The van der Waals surface area contributed by atoms with Crippen LogP contribution in [0.4, 0.5) is 0 Å². The Kier molecular flexibility index (Phi) is 7.13. The highest BCUT2D eigenvalue weighted by Crippen LogP contribution is 2.40. The Morgan fingerprint density at radius 1 is 1.10 bits per heavy atom. The number of pyridine rings is 1. The smallest absolute Gasteiger partial charge is 0.329 e. The second-order valence-corrected chi connectivity index (χ2v) is 8.62. The molecule has 1 amide bonds. The van der Waals surface area contributed by atoms with E-state index >= 15 is 0 Å². The molecule has 2 atom stereocenters. The van der Waals surface area contributed by atoms with Crippen molar-refractivity contribution in [1.29, 1.82) is 0 Å². The van der Waals surface area contributed by atoms with Crippen LogP contribution in [-0.2, 0) is 6.54 Å². The van der Waals surface area contributed by atoms with Crippen molar-refractivity contribution in [3.8, 4) is 0 Å². The lowest BCUT2D eigenvalue weighted by Crippen LogP contribution is -2.36. The number of fused-ring (bicyclic) bond motifs is 2. The van der Waals surface area contributed by atoms with Gasteiger partial charge < -0.3 is 10.2 Å². The number of aromatic amines is 1. The monoisotopic (exact) mass is 469 g/mol. The maximum absolute atomic E-state index is 13.6. The van der Waals surface area contributed by atoms with E-state index in [0.717, 1.165) is 44.5 Å². The number of nitrogens with one attached hydrogen (secondary N) is 2. The van der Waals surface area contributed by atoms with E-state index in [9.17, 15) is 14.4 Å². The van der Waals surface area contributed by atoms with Gasteiger partial charge >= 0.3 is 5.69 Å². The van der Waals surface area contributed by atoms with Crippen molar-refractivity contribution in [2.24, 2.45) is 11.8 Å². The molecule has 2 aromatic heterocycles. The SMILES string of the molecule is CCn1c(=O)[nH]c(=O)c2c(C(=O)N3CC[C@@H]4CNC[C@@H]4CC3)cc(C3CC3)nc21.Cl.Cl. The molecule has 8 nitrogen and oxygen atoms in total. The van der Waals surface area contributed by atoms with Crippen LogP contribution < -0.4 is 16.6 Å². The molecule has 2 aliphatic heterocycles. The molecule has 2 aromatic rings. The molecule has 0 aromatic carbocycles. The number of amides is 1. The summed E-state index contributed by atoms with van der Waals surface area (Å²) in [7, 11) is 0. The minimum absolute atomic E-state index is 0. The van der Waals surface area contributed by atoms with E-state index in [2.05, 4.69) is 15.3 Å². The normalized spacial score (nSPS) is 22.9. The molecule has 0 spiro atoms. The molecule has 0 unspecified atom stereocenters. The van der Waals surface area contributed by atoms with Gasteiger partial charge in [0, 0.05) is 31.2 Å². The van der Waals surface area contributed by atoms with Crippen molar-refractivity contribution < 1.29 is 4.79 Å². The van der Waals surface area contributed by atoms with Crippen LogP contribution in [0.2, 0.25) is 0 Å². The minimum atomic E-state index is -0.524. The third-order valence-corrected chi connectivity index (χ3v) is 6.82. The quantitative estimate of drug-likeness (QED) is 0.714. The molecule has 3 aliphatic rings. The number of hydrogen-bond donors (Lipinski definition) is 2. The molecule has 5 rings (SSSR count). The minimum Gasteiger partial charge on any atom is -0.339 e. The summed E-state index contributed by atoms with van der Waals surface area (Å²) in [5.74, 6) is 1.45. The van der Waals surface area contributed by atoms with Gasteiger partial charge in [-0.25, -0.2) is 9.78 Å². The second kappa shape index (κ2) is 9.30. The first kappa shape index (κ1) is 23.8. The van der Waals surface area contributed by atoms with E-state index in [-0.39, 0.29) is 36.1 Å². The van der Waals surface area contributed by atoms with E-state index in [1.807, 2.05) is 11.8 Å². The van der Waals surface area contributed by atoms with Crippen LogP contribution in [0, 0.1) is 11.8 Å². The Morgan fingerprint density at radius 2 is 1.74 bits per heavy atom. The van der Waals surface area contributed by atoms with E-state index in [1.54, 1.807) is 6.07 Å². The zero-order chi connectivity index (χ0) is 20.1. The number of aromatic nitrogens is 3. The fourth-order valence-corrected chi connectivity index (χ4v) is 4.94. The van der Waals surface area contributed by atoms with Gasteiger partial charge in [0.25, 0.3) is 11.5 Å². The molecule has 2 saturated heterocycles. The molecular formula is C21H29Cl2N5O3. The number of aryl methyl sites for hydroxylation is 1. The van der Waals surface area contributed by atoms with Crippen LogP contribution in [0.25, 0.3) is 11.0 Å². The highest BCUT2D eigenvalue weighted by molar-refractivity contribution is 6.05. The Hall–Kier alpha value is -1.90. The molecule has 170 valence electrons. The Balaban J connectivity index is 0.00000136. The van der Waals surface area contributed by atoms with Crippen LogP contribution in [0.15, 0.2) is 15.7 Å². The number of carbonyl (C=O) groups excluding carboxylic acids is 1. The molecule has 3 fully saturated rings. The summed E-state index contributed by atoms with van der Waals surface area (Å²) in [6.07, 6.45) is 4.04. The number of halogens is 2. The Bertz CT molecular complexity index is 1080. The maximum Gasteiger partial charge on any atom is 0.329 e. The molecule has 1 saturated carbocycles. The molecule has 0 radical (unpaired) electrons. The van der Waals surface area contributed by atoms with E-state index in [1.165, 1.54) is 4.57 Å². The highest BCUT2D eigenvalue weighted by Gasteiger charge is 2.34. The first-order valence-corrected chi connectivity index (χ1v) is 10.7. The summed E-state index contributed by atoms with van der Waals surface area (Å²) >= 11 is 0. The summed E-state index contributed by atoms with van der Waals surface area (Å²) in [6, 6.07) is 1.80. The van der Waals surface area contributed by atoms with Crippen molar-refractivity contribution in [2.75, 3.05) is 26.2 Å². The summed E-state index contributed by atoms with van der Waals surface area (Å²) in [6.45, 7) is 5.69. The van der Waals surface area contributed by atoms with Crippen molar-refractivity contribution in [3.05, 3.63) is 38.2 Å². The lowest BCUT2D eigenvalue weighted by atomic mass is 9.92. The van der Waals surface area contributed by atoms with Gasteiger partial charge in [-0.2, -0.15) is 0 Å². The third-order valence-electron chi connectivity index (χ3n) is 6.82. The fraction of sp³-hybridized carbons (Fsp3) is 0.619. The summed E-state index contributed by atoms with van der Waals surface area (Å²) in [5, 5.41) is 3.70. The number of nitrogens with zero attached hydrogens (tertiary/aromatic N) is 3. The van der Waals surface area contributed by atoms with Gasteiger partial charge in [0.15, 0.2) is 5.65 Å². The first-order chi connectivity index (χ1) is 14.1. The van der Waals surface area contributed by atoms with E-state index in [4.69, 9.17) is 0 Å². The zero-order valence-corrected chi connectivity index (χ0v) is 19.2. The largest absolute Gasteiger partial charge is 0.339 e. The first-order valence-electron chi connectivity index (χ1n) is 10.7. The summed E-state index contributed by atoms with van der Waals surface area (Å²) in [4.78, 5) is 47.5. The van der Waals surface area contributed by atoms with Crippen molar-refractivity contribution in [1.82, 2.24) is 24.8 Å². The van der Waals surface area contributed by atoms with Crippen molar-refractivity contribution >= 4 is 41.8 Å². The number of rotatable bonds is 3. The van der Waals surface area contributed by atoms with Crippen LogP contribution in [0.1, 0.15) is 54.6 Å². The van der Waals surface area contributed by atoms with Gasteiger partial charge in [-0.3, -0.25) is 19.1 Å². The number of carbonyl (C=O) groups is 1. The molecule has 4 heterocycles. The number of hydrogen-bond acceptors (Lipinski definition) is 5. The second-order valence-electron chi connectivity index (χ2n) is 8.62. The van der Waals surface area contributed by atoms with Gasteiger partial charge in [-0.05, 0) is 63.6 Å². The van der Waals surface area contributed by atoms with Crippen LogP contribution >= 0.6 is 24.8 Å². The average molecular weight is 470 g/mol. The lowest BCUT2D eigenvalue weighted by molar-refractivity contribution is 0.0760. The summed E-state index contributed by atoms with van der Waals surface area (Å²) in [5.41, 5.74) is 0.557. The van der Waals surface area contributed by atoms with Gasteiger partial charge in [0.2, 0.25) is 0 Å². The molecule has 0 bridgehead atoms. The van der Waals surface area contributed by atoms with Gasteiger partial charge in [-0.15, -0.1) is 24.8 Å². The highest BCUT2D eigenvalue weighted by atomic mass is 35.5. The zero-order valence-electron chi connectivity index (χ0n) is 17.6. The lowest BCUT2D eigenvalue weighted by Gasteiger charge is -2.22. The molecular weight excluding hydrogens is 441 g/mol. The number of likely N-dealkylation sites (tertiary alicyclic amines) is 1. The molecule has 10 heteroatoms. The van der Waals surface area contributed by atoms with Crippen LogP contribution in [0.5, 0.6) is 0 Å². The van der Waals surface area contributed by atoms with Crippen LogP contribution in [0.3, 0.4) is 0 Å². The maximum atomic E-state index is 13.6. The Morgan fingerprint density at radius 3 is 2.32 bits per heavy atom.